The molecule has 0 aliphatic heterocycles. The normalized spacial score (nSPS) is 11.0. The molecule has 0 aliphatic rings. The molecule has 0 radical (unpaired) electrons. The van der Waals surface area contributed by atoms with Crippen LogP contribution in [0.25, 0.3) is 10.8 Å². The lowest BCUT2D eigenvalue weighted by Gasteiger charge is -2.07. The largest absolute Gasteiger partial charge is 0.346 e. The number of rotatable bonds is 4. The number of hydrogen-bond acceptors (Lipinski definition) is 3. The Bertz CT molecular complexity index is 802. The molecule has 0 aliphatic carbocycles. The minimum atomic E-state index is -0.0573. The quantitative estimate of drug-likeness (QED) is 0.778. The lowest BCUT2D eigenvalue weighted by Crippen LogP contribution is -2.23. The first-order valence-electron chi connectivity index (χ1n) is 7.35. The third kappa shape index (κ3) is 3.02. The molecule has 0 unspecified atom stereocenters. The molecule has 4 heteroatoms. The average Bonchev–Trinajstić information content (AvgIpc) is 3.01. The van der Waals surface area contributed by atoms with Crippen molar-refractivity contribution in [3.63, 3.8) is 0 Å². The molecule has 0 bridgehead atoms. The fraction of sp³-hybridized carbons (Fsp3) is 0.222. The second-order valence-corrected chi connectivity index (χ2v) is 6.47. The molecule has 2 aromatic carbocycles. The zero-order chi connectivity index (χ0) is 15.5. The van der Waals surface area contributed by atoms with Gasteiger partial charge in [0.25, 0.3) is 5.91 Å². The van der Waals surface area contributed by atoms with Crippen molar-refractivity contribution in [2.24, 2.45) is 0 Å². The van der Waals surface area contributed by atoms with Gasteiger partial charge in [0.05, 0.1) is 12.2 Å². The van der Waals surface area contributed by atoms with Gasteiger partial charge in [-0.2, -0.15) is 0 Å². The summed E-state index contributed by atoms with van der Waals surface area (Å²) >= 11 is 1.59. The smallest absolute Gasteiger partial charge is 0.252 e. The topological polar surface area (TPSA) is 42.0 Å². The number of nitrogens with zero attached hydrogens (tertiary/aromatic N) is 1. The van der Waals surface area contributed by atoms with Gasteiger partial charge in [-0.3, -0.25) is 4.79 Å². The number of aromatic nitrogens is 1. The molecule has 22 heavy (non-hydrogen) atoms. The highest BCUT2D eigenvalue weighted by Crippen LogP contribution is 2.20. The predicted molar refractivity (Wildman–Crippen MR) is 91.3 cm³/mol. The fourth-order valence-electron chi connectivity index (χ4n) is 2.35. The number of hydrogen-bond donors (Lipinski definition) is 1. The first-order chi connectivity index (χ1) is 10.6. The number of fused-ring (bicyclic) bond motifs is 1. The van der Waals surface area contributed by atoms with Crippen LogP contribution in [-0.4, -0.2) is 10.9 Å². The van der Waals surface area contributed by atoms with Crippen molar-refractivity contribution >= 4 is 28.0 Å². The third-order valence-electron chi connectivity index (χ3n) is 3.60. The van der Waals surface area contributed by atoms with Gasteiger partial charge >= 0.3 is 0 Å². The van der Waals surface area contributed by atoms with Crippen molar-refractivity contribution < 1.29 is 4.79 Å². The average molecular weight is 310 g/mol. The van der Waals surface area contributed by atoms with Crippen LogP contribution in [0, 0.1) is 0 Å². The van der Waals surface area contributed by atoms with Crippen molar-refractivity contribution in [2.75, 3.05) is 0 Å². The first-order valence-corrected chi connectivity index (χ1v) is 8.23. The predicted octanol–water partition coefficient (Wildman–Crippen LogP) is 4.35. The summed E-state index contributed by atoms with van der Waals surface area (Å²) in [5.41, 5.74) is 1.79. The molecule has 0 saturated carbocycles. The van der Waals surface area contributed by atoms with Crippen LogP contribution < -0.4 is 5.32 Å². The standard InChI is InChI=1S/C18H18N2OS/c1-12(2)16-11-22-17(20-16)10-19-18(21)15-9-5-7-13-6-3-4-8-14(13)15/h3-9,11-12H,10H2,1-2H3,(H,19,21). The molecular weight excluding hydrogens is 292 g/mol. The zero-order valence-corrected chi connectivity index (χ0v) is 13.5. The van der Waals surface area contributed by atoms with Crippen molar-refractivity contribution in [3.05, 3.63) is 64.1 Å². The van der Waals surface area contributed by atoms with E-state index in [0.29, 0.717) is 18.0 Å². The van der Waals surface area contributed by atoms with Gasteiger partial charge in [0.1, 0.15) is 5.01 Å². The number of thiazole rings is 1. The van der Waals surface area contributed by atoms with E-state index in [4.69, 9.17) is 0 Å². The van der Waals surface area contributed by atoms with E-state index in [1.54, 1.807) is 11.3 Å². The minimum Gasteiger partial charge on any atom is -0.346 e. The fourth-order valence-corrected chi connectivity index (χ4v) is 3.24. The Labute approximate surface area is 134 Å². The van der Waals surface area contributed by atoms with Gasteiger partial charge in [-0.1, -0.05) is 50.2 Å². The van der Waals surface area contributed by atoms with Crippen molar-refractivity contribution in [1.29, 1.82) is 0 Å². The van der Waals surface area contributed by atoms with Gasteiger partial charge in [-0.15, -0.1) is 11.3 Å². The maximum absolute atomic E-state index is 12.4. The summed E-state index contributed by atoms with van der Waals surface area (Å²) in [6.07, 6.45) is 0. The first kappa shape index (κ1) is 14.7. The van der Waals surface area contributed by atoms with Crippen LogP contribution in [0.5, 0.6) is 0 Å². The summed E-state index contributed by atoms with van der Waals surface area (Å²) < 4.78 is 0. The highest BCUT2D eigenvalue weighted by molar-refractivity contribution is 7.09. The molecule has 1 amide bonds. The Morgan fingerprint density at radius 3 is 2.73 bits per heavy atom. The Morgan fingerprint density at radius 1 is 1.18 bits per heavy atom. The van der Waals surface area contributed by atoms with E-state index in [-0.39, 0.29) is 5.91 Å². The Morgan fingerprint density at radius 2 is 1.95 bits per heavy atom. The van der Waals surface area contributed by atoms with Gasteiger partial charge < -0.3 is 5.32 Å². The number of carbonyl (C=O) groups excluding carboxylic acids is 1. The van der Waals surface area contributed by atoms with Crippen LogP contribution >= 0.6 is 11.3 Å². The van der Waals surface area contributed by atoms with E-state index < -0.39 is 0 Å². The van der Waals surface area contributed by atoms with Gasteiger partial charge in [0.2, 0.25) is 0 Å². The summed E-state index contributed by atoms with van der Waals surface area (Å²) in [6.45, 7) is 4.71. The lowest BCUT2D eigenvalue weighted by molar-refractivity contribution is 0.0952. The van der Waals surface area contributed by atoms with E-state index in [1.807, 2.05) is 42.5 Å². The maximum atomic E-state index is 12.4. The van der Waals surface area contributed by atoms with Crippen LogP contribution in [-0.2, 0) is 6.54 Å². The van der Waals surface area contributed by atoms with Crippen LogP contribution in [0.1, 0.15) is 40.8 Å². The van der Waals surface area contributed by atoms with E-state index in [9.17, 15) is 4.79 Å². The lowest BCUT2D eigenvalue weighted by atomic mass is 10.0. The van der Waals surface area contributed by atoms with Crippen LogP contribution in [0.15, 0.2) is 47.8 Å². The summed E-state index contributed by atoms with van der Waals surface area (Å²) in [4.78, 5) is 17.0. The number of carbonyl (C=O) groups is 1. The van der Waals surface area contributed by atoms with Gasteiger partial charge in [-0.25, -0.2) is 4.98 Å². The SMILES string of the molecule is CC(C)c1csc(CNC(=O)c2cccc3ccccc23)n1. The molecule has 0 atom stereocenters. The molecule has 3 rings (SSSR count). The van der Waals surface area contributed by atoms with Gasteiger partial charge in [0.15, 0.2) is 0 Å². The zero-order valence-electron chi connectivity index (χ0n) is 12.7. The maximum Gasteiger partial charge on any atom is 0.252 e. The second kappa shape index (κ2) is 6.28. The monoisotopic (exact) mass is 310 g/mol. The number of nitrogens with one attached hydrogen (secondary N) is 1. The van der Waals surface area contributed by atoms with E-state index in [0.717, 1.165) is 21.5 Å². The molecule has 0 saturated heterocycles. The van der Waals surface area contributed by atoms with E-state index in [2.05, 4.69) is 29.5 Å². The van der Waals surface area contributed by atoms with Crippen LogP contribution in [0.2, 0.25) is 0 Å². The van der Waals surface area contributed by atoms with E-state index in [1.165, 1.54) is 0 Å². The second-order valence-electron chi connectivity index (χ2n) is 5.53. The Balaban J connectivity index is 1.76. The van der Waals surface area contributed by atoms with Crippen LogP contribution in [0.4, 0.5) is 0 Å². The van der Waals surface area contributed by atoms with Crippen LogP contribution in [0.3, 0.4) is 0 Å². The minimum absolute atomic E-state index is 0.0573. The number of benzene rings is 2. The molecular formula is C18H18N2OS. The number of amides is 1. The molecule has 3 aromatic rings. The van der Waals surface area contributed by atoms with Gasteiger partial charge in [-0.05, 0) is 22.8 Å². The van der Waals surface area contributed by atoms with Gasteiger partial charge in [0, 0.05) is 10.9 Å². The summed E-state index contributed by atoms with van der Waals surface area (Å²) in [5, 5.41) is 8.02. The van der Waals surface area contributed by atoms with Crippen molar-refractivity contribution in [3.8, 4) is 0 Å². The van der Waals surface area contributed by atoms with E-state index >= 15 is 0 Å². The molecule has 0 spiro atoms. The summed E-state index contributed by atoms with van der Waals surface area (Å²) in [5.74, 6) is 0.358. The molecule has 3 nitrogen and oxygen atoms in total. The molecule has 0 fully saturated rings. The summed E-state index contributed by atoms with van der Waals surface area (Å²) in [7, 11) is 0. The highest BCUT2D eigenvalue weighted by atomic mass is 32.1. The third-order valence-corrected chi connectivity index (χ3v) is 4.46. The Kier molecular flexibility index (Phi) is 4.20. The molecule has 1 aromatic heterocycles. The van der Waals surface area contributed by atoms with Crippen molar-refractivity contribution in [1.82, 2.24) is 10.3 Å². The summed E-state index contributed by atoms with van der Waals surface area (Å²) in [6, 6.07) is 13.7. The molecule has 1 heterocycles. The Hall–Kier alpha value is -2.20. The van der Waals surface area contributed by atoms with Crippen molar-refractivity contribution in [2.45, 2.75) is 26.3 Å². The highest BCUT2D eigenvalue weighted by Gasteiger charge is 2.11. The molecule has 1 N–H and O–H groups in total. The molecule has 112 valence electrons.